The molecule has 0 heterocycles. The van der Waals surface area contributed by atoms with Gasteiger partial charge in [0.25, 0.3) is 0 Å². The summed E-state index contributed by atoms with van der Waals surface area (Å²) >= 11 is 0. The van der Waals surface area contributed by atoms with Gasteiger partial charge in [0.15, 0.2) is 0 Å². The Bertz CT molecular complexity index is 147. The first kappa shape index (κ1) is 8.22. The van der Waals surface area contributed by atoms with Gasteiger partial charge in [-0.15, -0.1) is 0 Å². The summed E-state index contributed by atoms with van der Waals surface area (Å²) in [5.74, 6) is 0. The molecule has 0 spiro atoms. The van der Waals surface area contributed by atoms with Gasteiger partial charge in [-0.25, -0.2) is 0 Å². The second-order valence-corrected chi connectivity index (χ2v) is 2.07. The lowest BCUT2D eigenvalue weighted by Gasteiger charge is -1.93. The van der Waals surface area contributed by atoms with E-state index in [1.54, 1.807) is 0 Å². The zero-order valence-corrected chi connectivity index (χ0v) is 6.44. The molecule has 0 heteroatoms. The van der Waals surface area contributed by atoms with E-state index in [0.29, 0.717) is 0 Å². The van der Waals surface area contributed by atoms with Crippen LogP contribution in [0.15, 0.2) is 36.0 Å². The molecule has 0 N–H and O–H groups in total. The standard InChI is InChI=1S/C9H14/c1-5-7-9(4)8(3)6-2/h5-7H,2H2,1,3-4H3/b7-5?,9-8-. The summed E-state index contributed by atoms with van der Waals surface area (Å²) in [5.41, 5.74) is 2.53. The summed E-state index contributed by atoms with van der Waals surface area (Å²) in [5, 5.41) is 0. The third-order valence-electron chi connectivity index (χ3n) is 1.34. The topological polar surface area (TPSA) is 0 Å². The molecule has 0 aliphatic carbocycles. The largest absolute Gasteiger partial charge is 0.0988 e. The Kier molecular flexibility index (Phi) is 3.78. The molecule has 0 fully saturated rings. The number of hydrogen-bond donors (Lipinski definition) is 0. The lowest BCUT2D eigenvalue weighted by Crippen LogP contribution is -1.73. The van der Waals surface area contributed by atoms with Crippen LogP contribution in [0, 0.1) is 0 Å². The molecular weight excluding hydrogens is 108 g/mol. The van der Waals surface area contributed by atoms with Gasteiger partial charge < -0.3 is 0 Å². The third kappa shape index (κ3) is 2.91. The van der Waals surface area contributed by atoms with Crippen LogP contribution in [0.1, 0.15) is 20.8 Å². The van der Waals surface area contributed by atoms with Crippen molar-refractivity contribution in [2.75, 3.05) is 0 Å². The van der Waals surface area contributed by atoms with Crippen molar-refractivity contribution in [2.24, 2.45) is 0 Å². The molecule has 0 saturated heterocycles. The molecule has 0 rings (SSSR count). The van der Waals surface area contributed by atoms with Gasteiger partial charge >= 0.3 is 0 Å². The molecular formula is C9H14. The van der Waals surface area contributed by atoms with E-state index in [1.807, 2.05) is 19.1 Å². The van der Waals surface area contributed by atoms with Crippen molar-refractivity contribution in [1.29, 1.82) is 0 Å². The SMILES string of the molecule is C=C/C(C)=C(/C)C=CC. The van der Waals surface area contributed by atoms with E-state index in [0.717, 1.165) is 0 Å². The molecule has 9 heavy (non-hydrogen) atoms. The van der Waals surface area contributed by atoms with Crippen molar-refractivity contribution < 1.29 is 0 Å². The monoisotopic (exact) mass is 122 g/mol. The number of hydrogen-bond acceptors (Lipinski definition) is 0. The second-order valence-electron chi connectivity index (χ2n) is 2.07. The van der Waals surface area contributed by atoms with Crippen molar-refractivity contribution in [3.05, 3.63) is 36.0 Å². The van der Waals surface area contributed by atoms with E-state index in [4.69, 9.17) is 0 Å². The van der Waals surface area contributed by atoms with Crippen LogP contribution in [0.25, 0.3) is 0 Å². The molecule has 0 aromatic heterocycles. The Morgan fingerprint density at radius 1 is 1.22 bits per heavy atom. The Morgan fingerprint density at radius 3 is 2.11 bits per heavy atom. The van der Waals surface area contributed by atoms with Crippen LogP contribution in [0.5, 0.6) is 0 Å². The zero-order chi connectivity index (χ0) is 7.28. The highest BCUT2D eigenvalue weighted by Gasteiger charge is 1.83. The first-order valence-electron chi connectivity index (χ1n) is 3.15. The minimum atomic E-state index is 1.24. The highest BCUT2D eigenvalue weighted by atomic mass is 13.9. The average Bonchev–Trinajstić information content (AvgIpc) is 1.87. The van der Waals surface area contributed by atoms with E-state index in [1.165, 1.54) is 11.1 Å². The van der Waals surface area contributed by atoms with E-state index in [-0.39, 0.29) is 0 Å². The molecule has 0 radical (unpaired) electrons. The minimum Gasteiger partial charge on any atom is -0.0988 e. The fourth-order valence-corrected chi connectivity index (χ4v) is 0.542. The van der Waals surface area contributed by atoms with E-state index in [9.17, 15) is 0 Å². The van der Waals surface area contributed by atoms with E-state index < -0.39 is 0 Å². The molecule has 0 unspecified atom stereocenters. The van der Waals surface area contributed by atoms with Crippen molar-refractivity contribution in [3.8, 4) is 0 Å². The van der Waals surface area contributed by atoms with Crippen LogP contribution in [-0.2, 0) is 0 Å². The molecule has 0 aromatic rings. The van der Waals surface area contributed by atoms with Crippen molar-refractivity contribution >= 4 is 0 Å². The van der Waals surface area contributed by atoms with Crippen LogP contribution in [0.2, 0.25) is 0 Å². The quantitative estimate of drug-likeness (QED) is 0.494. The summed E-state index contributed by atoms with van der Waals surface area (Å²) in [4.78, 5) is 0. The number of allylic oxidation sites excluding steroid dienone is 5. The summed E-state index contributed by atoms with van der Waals surface area (Å²) in [6.45, 7) is 9.82. The highest BCUT2D eigenvalue weighted by Crippen LogP contribution is 2.04. The summed E-state index contributed by atoms with van der Waals surface area (Å²) in [6, 6.07) is 0. The second kappa shape index (κ2) is 4.13. The molecule has 0 aromatic carbocycles. The van der Waals surface area contributed by atoms with Crippen LogP contribution in [0.4, 0.5) is 0 Å². The predicted molar refractivity (Wildman–Crippen MR) is 43.4 cm³/mol. The van der Waals surface area contributed by atoms with Crippen LogP contribution in [0.3, 0.4) is 0 Å². The first-order chi connectivity index (χ1) is 4.22. The molecule has 0 aliphatic heterocycles. The highest BCUT2D eigenvalue weighted by molar-refractivity contribution is 5.28. The van der Waals surface area contributed by atoms with Crippen LogP contribution < -0.4 is 0 Å². The number of rotatable bonds is 2. The first-order valence-corrected chi connectivity index (χ1v) is 3.15. The zero-order valence-electron chi connectivity index (χ0n) is 6.44. The van der Waals surface area contributed by atoms with Gasteiger partial charge in [0, 0.05) is 0 Å². The summed E-state index contributed by atoms with van der Waals surface area (Å²) in [6.07, 6.45) is 5.98. The third-order valence-corrected chi connectivity index (χ3v) is 1.34. The van der Waals surface area contributed by atoms with E-state index >= 15 is 0 Å². The van der Waals surface area contributed by atoms with Crippen molar-refractivity contribution in [1.82, 2.24) is 0 Å². The normalized spacial score (nSPS) is 13.7. The molecule has 0 nitrogen and oxygen atoms in total. The molecule has 0 atom stereocenters. The maximum Gasteiger partial charge on any atom is -0.0395 e. The van der Waals surface area contributed by atoms with Gasteiger partial charge in [0.1, 0.15) is 0 Å². The van der Waals surface area contributed by atoms with Gasteiger partial charge in [0.05, 0.1) is 0 Å². The maximum atomic E-state index is 3.67. The Morgan fingerprint density at radius 2 is 1.78 bits per heavy atom. The van der Waals surface area contributed by atoms with Gasteiger partial charge in [-0.3, -0.25) is 0 Å². The van der Waals surface area contributed by atoms with Gasteiger partial charge in [-0.05, 0) is 31.9 Å². The maximum absolute atomic E-state index is 3.67. The molecule has 0 aliphatic rings. The Balaban J connectivity index is 4.27. The molecule has 0 bridgehead atoms. The van der Waals surface area contributed by atoms with Crippen LogP contribution >= 0.6 is 0 Å². The van der Waals surface area contributed by atoms with E-state index in [2.05, 4.69) is 26.5 Å². The Labute approximate surface area is 57.6 Å². The lowest BCUT2D eigenvalue weighted by atomic mass is 10.1. The van der Waals surface area contributed by atoms with Crippen LogP contribution in [-0.4, -0.2) is 0 Å². The Hall–Kier alpha value is -0.780. The minimum absolute atomic E-state index is 1.24. The summed E-state index contributed by atoms with van der Waals surface area (Å²) < 4.78 is 0. The lowest BCUT2D eigenvalue weighted by molar-refractivity contribution is 1.37. The van der Waals surface area contributed by atoms with Crippen molar-refractivity contribution in [3.63, 3.8) is 0 Å². The van der Waals surface area contributed by atoms with Gasteiger partial charge in [-0.1, -0.05) is 24.8 Å². The molecule has 0 amide bonds. The summed E-state index contributed by atoms with van der Waals surface area (Å²) in [7, 11) is 0. The predicted octanol–water partition coefficient (Wildman–Crippen LogP) is 3.08. The fourth-order valence-electron chi connectivity index (χ4n) is 0.542. The van der Waals surface area contributed by atoms with Gasteiger partial charge in [0.2, 0.25) is 0 Å². The van der Waals surface area contributed by atoms with Crippen molar-refractivity contribution in [2.45, 2.75) is 20.8 Å². The smallest absolute Gasteiger partial charge is 0.0395 e. The van der Waals surface area contributed by atoms with Gasteiger partial charge in [-0.2, -0.15) is 0 Å². The molecule has 50 valence electrons. The molecule has 0 saturated carbocycles. The average molecular weight is 122 g/mol. The fraction of sp³-hybridized carbons (Fsp3) is 0.333.